The number of fused-ring (bicyclic) bond motifs is 3. The summed E-state index contributed by atoms with van der Waals surface area (Å²) in [7, 11) is 0. The molecule has 1 saturated carbocycles. The Hall–Kier alpha value is -5.16. The number of nitrogens with one attached hydrogen (secondary N) is 2. The first-order chi connectivity index (χ1) is 25.0. The summed E-state index contributed by atoms with van der Waals surface area (Å²) in [5, 5.41) is 76.8. The van der Waals surface area contributed by atoms with Gasteiger partial charge in [-0.1, -0.05) is 61.7 Å². The van der Waals surface area contributed by atoms with Crippen LogP contribution < -0.4 is 14.7 Å². The van der Waals surface area contributed by atoms with Crippen LogP contribution in [-0.4, -0.2) is 103 Å². The number of guanidine groups is 1. The monoisotopic (exact) mass is 709 g/mol. The van der Waals surface area contributed by atoms with E-state index in [0.717, 1.165) is 6.42 Å². The van der Waals surface area contributed by atoms with Crippen LogP contribution in [0, 0.1) is 5.41 Å². The van der Waals surface area contributed by atoms with Crippen molar-refractivity contribution in [2.75, 3.05) is 6.67 Å². The third-order valence-electron chi connectivity index (χ3n) is 10.5. The average molecular weight is 710 g/mol. The van der Waals surface area contributed by atoms with Crippen LogP contribution in [0.1, 0.15) is 75.1 Å². The zero-order valence-corrected chi connectivity index (χ0v) is 27.7. The number of benzene rings is 3. The highest BCUT2D eigenvalue weighted by Gasteiger charge is 2.54. The minimum Gasteiger partial charge on any atom is -0.857 e. The fourth-order valence-electron chi connectivity index (χ4n) is 7.90. The Morgan fingerprint density at radius 3 is 2.35 bits per heavy atom. The summed E-state index contributed by atoms with van der Waals surface area (Å²) >= 11 is 0. The number of amidine groups is 1. The van der Waals surface area contributed by atoms with E-state index >= 15 is 0 Å². The summed E-state index contributed by atoms with van der Waals surface area (Å²) in [5.74, 6) is -3.06. The Morgan fingerprint density at radius 1 is 0.904 bits per heavy atom. The summed E-state index contributed by atoms with van der Waals surface area (Å²) in [6.45, 7) is 0.0783. The number of aliphatic hydroxyl groups excluding tert-OH is 3. The quantitative estimate of drug-likeness (QED) is 0.138. The fourth-order valence-corrected chi connectivity index (χ4v) is 7.90. The van der Waals surface area contributed by atoms with Gasteiger partial charge in [-0.05, 0) is 25.0 Å². The maximum Gasteiger partial charge on any atom is 0.262 e. The maximum atomic E-state index is 13.8. The molecule has 0 radical (unpaired) electrons. The van der Waals surface area contributed by atoms with Crippen molar-refractivity contribution in [1.82, 2.24) is 0 Å². The van der Waals surface area contributed by atoms with Crippen LogP contribution in [-0.2, 0) is 11.2 Å². The van der Waals surface area contributed by atoms with E-state index in [1.165, 1.54) is 18.2 Å². The SMILES string of the molecule is N=C1N=C([O-])C2=NC[NH+](c3ccccc3Cc3cc4c(c(O)c3OC3OC(C5(O)CCCCC5)C(O)C(O)C3O)C(=O)c3ccccc3C4=O)C2=N1. The Labute approximate surface area is 296 Å². The number of ketones is 2. The second kappa shape index (κ2) is 12.8. The van der Waals surface area contributed by atoms with Crippen molar-refractivity contribution in [3.8, 4) is 11.5 Å². The highest BCUT2D eigenvalue weighted by molar-refractivity contribution is 6.66. The van der Waals surface area contributed by atoms with Gasteiger partial charge in [0.15, 0.2) is 35.4 Å². The van der Waals surface area contributed by atoms with E-state index in [-0.39, 0.29) is 71.0 Å². The summed E-state index contributed by atoms with van der Waals surface area (Å²) in [6.07, 6.45) is -5.69. The number of rotatable bonds is 6. The van der Waals surface area contributed by atoms with E-state index in [0.29, 0.717) is 29.0 Å². The predicted octanol–water partition coefficient (Wildman–Crippen LogP) is -0.326. The number of carbonyl (C=O) groups is 2. The molecule has 3 aromatic rings. The van der Waals surface area contributed by atoms with Gasteiger partial charge in [-0.3, -0.25) is 15.0 Å². The number of aromatic hydroxyl groups is 1. The number of aliphatic hydroxyl groups is 4. The highest BCUT2D eigenvalue weighted by atomic mass is 16.7. The number of phenols is 1. The average Bonchev–Trinajstić information content (AvgIpc) is 3.56. The minimum atomic E-state index is -1.85. The first-order valence-corrected chi connectivity index (χ1v) is 17.1. The van der Waals surface area contributed by atoms with Crippen LogP contribution in [0.25, 0.3) is 0 Å². The Kier molecular flexibility index (Phi) is 8.36. The van der Waals surface area contributed by atoms with E-state index < -0.39 is 65.5 Å². The molecule has 1 saturated heterocycles. The number of phenolic OH excluding ortho intramolecular Hbond substituents is 1. The number of para-hydroxylation sites is 1. The first kappa shape index (κ1) is 34.0. The lowest BCUT2D eigenvalue weighted by Gasteiger charge is -2.48. The third-order valence-corrected chi connectivity index (χ3v) is 10.5. The topological polar surface area (TPSA) is 242 Å². The van der Waals surface area contributed by atoms with Gasteiger partial charge >= 0.3 is 0 Å². The molecule has 0 bridgehead atoms. The van der Waals surface area contributed by atoms with Crippen LogP contribution in [0.5, 0.6) is 11.5 Å². The van der Waals surface area contributed by atoms with Crippen molar-refractivity contribution >= 4 is 40.7 Å². The highest BCUT2D eigenvalue weighted by Crippen LogP contribution is 2.45. The van der Waals surface area contributed by atoms with Crippen LogP contribution >= 0.6 is 0 Å². The molecular formula is C37H35N5O10. The molecule has 0 aromatic heterocycles. The minimum absolute atomic E-state index is 0.0392. The molecule has 7 N–H and O–H groups in total. The summed E-state index contributed by atoms with van der Waals surface area (Å²) < 4.78 is 12.2. The standard InChI is InChI=1S/C37H35N5O10/c38-36-40-33-24(34(49)41-36)39-16-42(33)22-11-5-2-8-17(22)14-18-15-21-23(26(44)20-10-4-3-9-19(20)25(21)43)27(45)31(18)51-35-30(48)28(46)29(47)32(52-35)37(50)12-6-1-7-13-37/h2-5,8-11,15,28-30,32,35,45-48,50H,1,6-7,12-14,16H2,(H2,38,41,49). The molecular weight excluding hydrogens is 674 g/mol. The van der Waals surface area contributed by atoms with Gasteiger partial charge in [0, 0.05) is 40.1 Å². The predicted molar refractivity (Wildman–Crippen MR) is 182 cm³/mol. The van der Waals surface area contributed by atoms with Crippen molar-refractivity contribution in [1.29, 1.82) is 5.41 Å². The number of carbonyl (C=O) groups excluding carboxylic acids is 2. The number of nitrogens with zero attached hydrogens (tertiary/aromatic N) is 3. The number of hydrogen-bond donors (Lipinski definition) is 7. The Bertz CT molecular complexity index is 2120. The van der Waals surface area contributed by atoms with Crippen LogP contribution in [0.4, 0.5) is 5.69 Å². The van der Waals surface area contributed by atoms with Gasteiger partial charge in [-0.15, -0.1) is 0 Å². The van der Waals surface area contributed by atoms with Gasteiger partial charge < -0.3 is 40.1 Å². The smallest absolute Gasteiger partial charge is 0.262 e. The van der Waals surface area contributed by atoms with Gasteiger partial charge in [0.2, 0.25) is 12.2 Å². The lowest BCUT2D eigenvalue weighted by molar-refractivity contribution is -0.723. The molecule has 6 unspecified atom stereocenters. The third kappa shape index (κ3) is 5.44. The lowest BCUT2D eigenvalue weighted by atomic mass is 9.76. The first-order valence-electron chi connectivity index (χ1n) is 17.1. The normalized spacial score (nSPS) is 27.9. The van der Waals surface area contributed by atoms with Crippen molar-refractivity contribution < 1.29 is 54.6 Å². The second-order valence-corrected chi connectivity index (χ2v) is 13.7. The van der Waals surface area contributed by atoms with Crippen molar-refractivity contribution in [2.45, 2.75) is 74.8 Å². The van der Waals surface area contributed by atoms with Crippen LogP contribution in [0.3, 0.4) is 0 Å². The molecule has 3 aliphatic heterocycles. The molecule has 2 aliphatic carbocycles. The molecule has 0 amide bonds. The molecule has 8 rings (SSSR count). The van der Waals surface area contributed by atoms with Gasteiger partial charge in [0.1, 0.15) is 30.1 Å². The summed E-state index contributed by atoms with van der Waals surface area (Å²) in [6, 6.07) is 14.7. The van der Waals surface area contributed by atoms with E-state index in [4.69, 9.17) is 14.9 Å². The van der Waals surface area contributed by atoms with Crippen molar-refractivity contribution in [2.24, 2.45) is 15.0 Å². The molecule has 2 fully saturated rings. The molecule has 3 aromatic carbocycles. The van der Waals surface area contributed by atoms with E-state index in [1.54, 1.807) is 36.4 Å². The number of aliphatic imine (C=N–C) groups is 3. The molecule has 15 nitrogen and oxygen atoms in total. The molecule has 268 valence electrons. The number of quaternary nitrogens is 1. The lowest BCUT2D eigenvalue weighted by Crippen LogP contribution is -3.09. The Balaban J connectivity index is 1.22. The van der Waals surface area contributed by atoms with Crippen molar-refractivity contribution in [3.05, 3.63) is 88.0 Å². The molecule has 0 spiro atoms. The van der Waals surface area contributed by atoms with Crippen molar-refractivity contribution in [3.63, 3.8) is 0 Å². The Morgan fingerprint density at radius 2 is 1.60 bits per heavy atom. The molecule has 52 heavy (non-hydrogen) atoms. The number of ether oxygens (including phenoxy) is 2. The van der Waals surface area contributed by atoms with E-state index in [9.17, 15) is 40.2 Å². The molecule has 15 heteroatoms. The number of hydrogen-bond acceptors (Lipinski definition) is 12. The molecule has 3 heterocycles. The summed E-state index contributed by atoms with van der Waals surface area (Å²) in [5.41, 5.74) is -0.242. The van der Waals surface area contributed by atoms with Gasteiger partial charge in [0.25, 0.3) is 5.84 Å². The van der Waals surface area contributed by atoms with E-state index in [1.807, 2.05) is 0 Å². The van der Waals surface area contributed by atoms with Crippen LogP contribution in [0.2, 0.25) is 0 Å². The largest absolute Gasteiger partial charge is 0.857 e. The zero-order valence-electron chi connectivity index (χ0n) is 27.7. The zero-order chi connectivity index (χ0) is 36.5. The second-order valence-electron chi connectivity index (χ2n) is 13.7. The van der Waals surface area contributed by atoms with Gasteiger partial charge in [-0.25, -0.2) is 14.9 Å². The fraction of sp³-hybridized carbons (Fsp3) is 0.351. The van der Waals surface area contributed by atoms with Gasteiger partial charge in [0.05, 0.1) is 11.2 Å². The van der Waals surface area contributed by atoms with Crippen LogP contribution in [0.15, 0.2) is 69.6 Å². The van der Waals surface area contributed by atoms with Gasteiger partial charge in [-0.2, -0.15) is 4.99 Å². The van der Waals surface area contributed by atoms with E-state index in [2.05, 4.69) is 15.0 Å². The molecule has 6 atom stereocenters. The summed E-state index contributed by atoms with van der Waals surface area (Å²) in [4.78, 5) is 40.3. The maximum absolute atomic E-state index is 13.8. The molecule has 5 aliphatic rings.